The first-order chi connectivity index (χ1) is 9.51. The van der Waals surface area contributed by atoms with Crippen molar-refractivity contribution >= 4 is 11.6 Å². The van der Waals surface area contributed by atoms with Gasteiger partial charge in [0.2, 0.25) is 0 Å². The van der Waals surface area contributed by atoms with Gasteiger partial charge >= 0.3 is 0 Å². The predicted octanol–water partition coefficient (Wildman–Crippen LogP) is 2.55. The Morgan fingerprint density at radius 3 is 1.40 bits per heavy atom. The zero-order chi connectivity index (χ0) is 14.9. The number of hydrogen-bond donors (Lipinski definition) is 0. The van der Waals surface area contributed by atoms with Crippen LogP contribution in [0.25, 0.3) is 0 Å². The van der Waals surface area contributed by atoms with Crippen molar-refractivity contribution in [1.29, 1.82) is 0 Å². The molecule has 2 aromatic rings. The number of carbonyl (C=O) groups excluding carboxylic acids is 2. The van der Waals surface area contributed by atoms with Crippen LogP contribution in [0.15, 0.2) is 24.3 Å². The molecule has 0 saturated heterocycles. The van der Waals surface area contributed by atoms with E-state index in [9.17, 15) is 9.59 Å². The maximum Gasteiger partial charge on any atom is 0.251 e. The van der Waals surface area contributed by atoms with Gasteiger partial charge in [-0.2, -0.15) is 0 Å². The number of carbonyl (C=O) groups is 2. The monoisotopic (exact) mass is 272 g/mol. The highest BCUT2D eigenvalue weighted by atomic mass is 16.2. The molecule has 0 aromatic carbocycles. The molecule has 2 aromatic heterocycles. The highest BCUT2D eigenvalue weighted by molar-refractivity contribution is 6.48. The van der Waals surface area contributed by atoms with Crippen LogP contribution in [-0.2, 0) is 26.9 Å². The maximum absolute atomic E-state index is 12.4. The lowest BCUT2D eigenvalue weighted by atomic mass is 10.1. The highest BCUT2D eigenvalue weighted by Gasteiger charge is 2.24. The summed E-state index contributed by atoms with van der Waals surface area (Å²) in [5.41, 5.74) is 2.99. The van der Waals surface area contributed by atoms with Crippen molar-refractivity contribution in [1.82, 2.24) is 9.13 Å². The third kappa shape index (κ3) is 2.22. The Hall–Kier alpha value is -2.10. The van der Waals surface area contributed by atoms with Crippen molar-refractivity contribution in [3.05, 3.63) is 47.0 Å². The molecule has 0 spiro atoms. The van der Waals surface area contributed by atoms with Crippen LogP contribution in [-0.4, -0.2) is 20.7 Å². The zero-order valence-corrected chi connectivity index (χ0v) is 12.4. The summed E-state index contributed by atoms with van der Waals surface area (Å²) in [6.07, 6.45) is 1.67. The Kier molecular flexibility index (Phi) is 3.93. The van der Waals surface area contributed by atoms with Crippen molar-refractivity contribution in [2.75, 3.05) is 0 Å². The van der Waals surface area contributed by atoms with E-state index < -0.39 is 11.6 Å². The minimum atomic E-state index is -0.448. The van der Waals surface area contributed by atoms with Crippen LogP contribution >= 0.6 is 0 Å². The largest absolute Gasteiger partial charge is 0.345 e. The van der Waals surface area contributed by atoms with Crippen molar-refractivity contribution in [3.8, 4) is 0 Å². The van der Waals surface area contributed by atoms with Gasteiger partial charge in [0, 0.05) is 25.5 Å². The Labute approximate surface area is 119 Å². The normalized spacial score (nSPS) is 10.8. The number of rotatable bonds is 5. The third-order valence-corrected chi connectivity index (χ3v) is 3.85. The van der Waals surface area contributed by atoms with Crippen LogP contribution in [0, 0.1) is 0 Å². The van der Waals surface area contributed by atoms with Gasteiger partial charge in [0.05, 0.1) is 11.4 Å². The molecule has 4 nitrogen and oxygen atoms in total. The average molecular weight is 272 g/mol. The van der Waals surface area contributed by atoms with Gasteiger partial charge in [0.15, 0.2) is 0 Å². The fraction of sp³-hybridized carbons (Fsp3) is 0.375. The van der Waals surface area contributed by atoms with Gasteiger partial charge in [-0.25, -0.2) is 0 Å². The Morgan fingerprint density at radius 1 is 0.800 bits per heavy atom. The zero-order valence-electron chi connectivity index (χ0n) is 12.4. The van der Waals surface area contributed by atoms with E-state index in [1.807, 2.05) is 40.1 Å². The molecule has 0 atom stereocenters. The number of aromatic nitrogens is 2. The predicted molar refractivity (Wildman–Crippen MR) is 78.2 cm³/mol. The fourth-order valence-electron chi connectivity index (χ4n) is 2.51. The van der Waals surface area contributed by atoms with Crippen LogP contribution in [0.2, 0.25) is 0 Å². The lowest BCUT2D eigenvalue weighted by molar-refractivity contribution is 0.0807. The number of aryl methyl sites for hydroxylation is 2. The lowest BCUT2D eigenvalue weighted by Gasteiger charge is -2.07. The molecule has 0 radical (unpaired) electrons. The average Bonchev–Trinajstić information content (AvgIpc) is 3.00. The Morgan fingerprint density at radius 2 is 1.15 bits per heavy atom. The first-order valence-corrected chi connectivity index (χ1v) is 6.89. The molecule has 106 valence electrons. The summed E-state index contributed by atoms with van der Waals surface area (Å²) in [7, 11) is 3.64. The number of hydrogen-bond acceptors (Lipinski definition) is 2. The number of nitrogens with zero attached hydrogens (tertiary/aromatic N) is 2. The Bertz CT molecular complexity index is 604. The topological polar surface area (TPSA) is 44.0 Å². The molecule has 0 amide bonds. The summed E-state index contributed by atoms with van der Waals surface area (Å²) in [5.74, 6) is -0.896. The van der Waals surface area contributed by atoms with E-state index >= 15 is 0 Å². The Balaban J connectivity index is 2.35. The van der Waals surface area contributed by atoms with E-state index in [0.29, 0.717) is 11.4 Å². The van der Waals surface area contributed by atoms with Crippen molar-refractivity contribution in [2.45, 2.75) is 26.7 Å². The molecule has 0 bridgehead atoms. The van der Waals surface area contributed by atoms with Gasteiger partial charge in [0.1, 0.15) is 0 Å². The fourth-order valence-corrected chi connectivity index (χ4v) is 2.51. The molecule has 0 saturated carbocycles. The van der Waals surface area contributed by atoms with Crippen molar-refractivity contribution < 1.29 is 9.59 Å². The highest BCUT2D eigenvalue weighted by Crippen LogP contribution is 2.14. The second kappa shape index (κ2) is 5.49. The molecule has 4 heteroatoms. The molecule has 2 heterocycles. The van der Waals surface area contributed by atoms with E-state index in [0.717, 1.165) is 24.2 Å². The summed E-state index contributed by atoms with van der Waals surface area (Å²) < 4.78 is 3.59. The molecule has 0 unspecified atom stereocenters. The molecule has 0 fully saturated rings. The van der Waals surface area contributed by atoms with E-state index in [4.69, 9.17) is 0 Å². The van der Waals surface area contributed by atoms with Gasteiger partial charge < -0.3 is 9.13 Å². The van der Waals surface area contributed by atoms with Gasteiger partial charge in [-0.05, 0) is 37.1 Å². The molecule has 0 aliphatic heterocycles. The minimum absolute atomic E-state index is 0.448. The molecule has 2 rings (SSSR count). The quantitative estimate of drug-likeness (QED) is 0.620. The summed E-state index contributed by atoms with van der Waals surface area (Å²) >= 11 is 0. The van der Waals surface area contributed by atoms with Crippen LogP contribution in [0.3, 0.4) is 0 Å². The van der Waals surface area contributed by atoms with Crippen molar-refractivity contribution in [3.63, 3.8) is 0 Å². The molecule has 0 N–H and O–H groups in total. The molecule has 20 heavy (non-hydrogen) atoms. The van der Waals surface area contributed by atoms with Crippen molar-refractivity contribution in [2.24, 2.45) is 14.1 Å². The van der Waals surface area contributed by atoms with Crippen LogP contribution < -0.4 is 0 Å². The van der Waals surface area contributed by atoms with E-state index in [2.05, 4.69) is 0 Å². The van der Waals surface area contributed by atoms with E-state index in [1.165, 1.54) is 0 Å². The lowest BCUT2D eigenvalue weighted by Crippen LogP contribution is -2.20. The maximum atomic E-state index is 12.4. The van der Waals surface area contributed by atoms with Gasteiger partial charge in [-0.15, -0.1) is 0 Å². The second-order valence-electron chi connectivity index (χ2n) is 4.90. The van der Waals surface area contributed by atoms with Gasteiger partial charge in [-0.3, -0.25) is 9.59 Å². The first kappa shape index (κ1) is 14.3. The third-order valence-electron chi connectivity index (χ3n) is 3.85. The second-order valence-corrected chi connectivity index (χ2v) is 4.90. The molecular formula is C16H20N2O2. The smallest absolute Gasteiger partial charge is 0.251 e. The van der Waals surface area contributed by atoms with Crippen LogP contribution in [0.5, 0.6) is 0 Å². The number of Topliss-reactive ketones (excluding diaryl/α,β-unsaturated/α-hetero) is 2. The standard InChI is InChI=1S/C16H20N2O2/c1-5-11-7-9-13(17(11)3)15(19)16(20)14-10-8-12(6-2)18(14)4/h7-10H,5-6H2,1-4H3. The van der Waals surface area contributed by atoms with E-state index in [-0.39, 0.29) is 0 Å². The van der Waals surface area contributed by atoms with Gasteiger partial charge in [0.25, 0.3) is 11.6 Å². The SMILES string of the molecule is CCc1ccc(C(=O)C(=O)c2ccc(CC)n2C)n1C. The van der Waals surface area contributed by atoms with Gasteiger partial charge in [-0.1, -0.05) is 13.8 Å². The summed E-state index contributed by atoms with van der Waals surface area (Å²) in [4.78, 5) is 24.7. The van der Waals surface area contributed by atoms with Crippen LogP contribution in [0.1, 0.15) is 46.2 Å². The minimum Gasteiger partial charge on any atom is -0.345 e. The number of ketones is 2. The van der Waals surface area contributed by atoms with E-state index in [1.54, 1.807) is 21.3 Å². The molecule has 0 aliphatic rings. The molecule has 0 aliphatic carbocycles. The molecular weight excluding hydrogens is 252 g/mol. The summed E-state index contributed by atoms with van der Waals surface area (Å²) in [5, 5.41) is 0. The summed E-state index contributed by atoms with van der Waals surface area (Å²) in [6.45, 7) is 4.05. The first-order valence-electron chi connectivity index (χ1n) is 6.89. The summed E-state index contributed by atoms with van der Waals surface area (Å²) in [6, 6.07) is 7.23. The van der Waals surface area contributed by atoms with Crippen LogP contribution in [0.4, 0.5) is 0 Å².